The van der Waals surface area contributed by atoms with E-state index < -0.39 is 51.5 Å². The predicted octanol–water partition coefficient (Wildman–Crippen LogP) is 14.9. The van der Waals surface area contributed by atoms with E-state index in [0.717, 1.165) is 88.0 Å². The standard InChI is InChI=1S/3C21H21F3N2O/c3*1-19(2)9-12-7-16-15(11-25-26-16)20(3,18(12)17(27)10-19)13-5-4-6-14(8-13)21(22,23)24/h3*4-6,8,11H,7,9-10H2,1-3H3,(H,25,26)/t2*20-;/m10./s1. The van der Waals surface area contributed by atoms with Crippen LogP contribution in [-0.2, 0) is 68.4 Å². The molecule has 0 radical (unpaired) electrons. The minimum atomic E-state index is -4.43. The number of nitrogens with zero attached hydrogens (tertiary/aromatic N) is 3. The minimum Gasteiger partial charge on any atom is -0.294 e. The summed E-state index contributed by atoms with van der Waals surface area (Å²) in [5, 5.41) is 21.3. The molecule has 12 rings (SSSR count). The monoisotopic (exact) mass is 1120 g/mol. The molecule has 0 aliphatic heterocycles. The average molecular weight is 1120 g/mol. The first-order chi connectivity index (χ1) is 37.6. The molecule has 6 aliphatic rings. The molecule has 0 bridgehead atoms. The first-order valence-corrected chi connectivity index (χ1v) is 27.0. The third-order valence-corrected chi connectivity index (χ3v) is 17.6. The van der Waals surface area contributed by atoms with Crippen LogP contribution in [0.2, 0.25) is 0 Å². The zero-order valence-corrected chi connectivity index (χ0v) is 46.5. The molecule has 0 saturated carbocycles. The molecule has 426 valence electrons. The molecule has 9 nitrogen and oxygen atoms in total. The number of fused-ring (bicyclic) bond motifs is 3. The maximum atomic E-state index is 13.3. The van der Waals surface area contributed by atoms with E-state index in [9.17, 15) is 53.9 Å². The van der Waals surface area contributed by atoms with E-state index in [4.69, 9.17) is 0 Å². The normalized spacial score (nSPS) is 24.6. The fourth-order valence-corrected chi connectivity index (χ4v) is 14.3. The Kier molecular flexibility index (Phi) is 13.6. The molecular formula is C63H63F9N6O3. The molecule has 0 spiro atoms. The van der Waals surface area contributed by atoms with Crippen LogP contribution in [-0.4, -0.2) is 47.9 Å². The summed E-state index contributed by atoms with van der Waals surface area (Å²) in [4.78, 5) is 39.4. The zero-order chi connectivity index (χ0) is 58.8. The molecule has 1 unspecified atom stereocenters. The maximum absolute atomic E-state index is 13.3. The molecule has 3 aromatic heterocycles. The van der Waals surface area contributed by atoms with Gasteiger partial charge in [0.15, 0.2) is 17.3 Å². The van der Waals surface area contributed by atoms with Gasteiger partial charge >= 0.3 is 18.5 Å². The molecule has 3 heterocycles. The van der Waals surface area contributed by atoms with Crippen molar-refractivity contribution in [3.8, 4) is 0 Å². The van der Waals surface area contributed by atoms with Gasteiger partial charge in [0.05, 0.1) is 35.3 Å². The molecule has 6 aliphatic carbocycles. The third kappa shape index (κ3) is 10.1. The number of allylic oxidation sites excluding steroid dienone is 6. The number of alkyl halides is 9. The fraction of sp³-hybridized carbons (Fsp3) is 0.429. The van der Waals surface area contributed by atoms with Crippen LogP contribution in [0.3, 0.4) is 0 Å². The van der Waals surface area contributed by atoms with Crippen LogP contribution in [0.5, 0.6) is 0 Å². The SMILES string of the molecule is CC1(C)CC(=O)C2=C(Cc3[nH]ncc3C2(C)c2cccc(C(F)(F)F)c2)C1.CC1(C)CC(=O)C2=C(Cc3[nH]ncc3[C@@]2(C)c2cccc(C(F)(F)F)c2)C1.CC1(C)CC(=O)C2=C(Cc3[nH]ncc3[C@]2(C)c2cccc(C(F)(F)F)c2)C1. The second kappa shape index (κ2) is 19.3. The Hall–Kier alpha value is -7.11. The average Bonchev–Trinajstić information content (AvgIpc) is 4.39. The number of halogens is 9. The number of rotatable bonds is 3. The topological polar surface area (TPSA) is 137 Å². The van der Waals surface area contributed by atoms with E-state index in [2.05, 4.69) is 72.1 Å². The molecular weight excluding hydrogens is 1060 g/mol. The number of ketones is 3. The maximum Gasteiger partial charge on any atom is 0.416 e. The lowest BCUT2D eigenvalue weighted by Crippen LogP contribution is -2.40. The lowest BCUT2D eigenvalue weighted by Gasteiger charge is -2.43. The van der Waals surface area contributed by atoms with Gasteiger partial charge in [0.2, 0.25) is 0 Å². The molecule has 3 N–H and O–H groups in total. The van der Waals surface area contributed by atoms with E-state index in [0.29, 0.717) is 71.9 Å². The number of hydrogen-bond donors (Lipinski definition) is 3. The van der Waals surface area contributed by atoms with Gasteiger partial charge < -0.3 is 0 Å². The van der Waals surface area contributed by atoms with E-state index >= 15 is 0 Å². The van der Waals surface area contributed by atoms with Gasteiger partial charge in [-0.3, -0.25) is 29.7 Å². The van der Waals surface area contributed by atoms with Gasteiger partial charge in [0, 0.05) is 105 Å². The van der Waals surface area contributed by atoms with Crippen molar-refractivity contribution in [2.24, 2.45) is 16.2 Å². The Morgan fingerprint density at radius 3 is 0.864 bits per heavy atom. The molecule has 3 atom stereocenters. The Labute approximate surface area is 463 Å². The highest BCUT2D eigenvalue weighted by molar-refractivity contribution is 6.03. The molecule has 0 saturated heterocycles. The van der Waals surface area contributed by atoms with E-state index in [-0.39, 0.29) is 33.6 Å². The first kappa shape index (κ1) is 57.1. The quantitative estimate of drug-likeness (QED) is 0.151. The van der Waals surface area contributed by atoms with E-state index in [1.165, 1.54) is 36.4 Å². The molecule has 0 fully saturated rings. The summed E-state index contributed by atoms with van der Waals surface area (Å²) < 4.78 is 120. The number of aromatic amines is 3. The van der Waals surface area contributed by atoms with E-state index in [1.807, 2.05) is 20.8 Å². The summed E-state index contributed by atoms with van der Waals surface area (Å²) in [6.45, 7) is 17.9. The number of Topliss-reactive ketones (excluding diaryl/α,β-unsaturated/α-hetero) is 3. The summed E-state index contributed by atoms with van der Waals surface area (Å²) in [6.07, 6.45) is -3.15. The van der Waals surface area contributed by atoms with Crippen molar-refractivity contribution >= 4 is 17.3 Å². The molecule has 0 amide bonds. The van der Waals surface area contributed by atoms with Crippen LogP contribution < -0.4 is 0 Å². The van der Waals surface area contributed by atoms with Gasteiger partial charge in [-0.15, -0.1) is 0 Å². The molecule has 18 heteroatoms. The minimum absolute atomic E-state index is 0.0213. The number of nitrogens with one attached hydrogen (secondary N) is 3. The van der Waals surface area contributed by atoms with Gasteiger partial charge in [0.1, 0.15) is 0 Å². The van der Waals surface area contributed by atoms with Crippen LogP contribution in [0.4, 0.5) is 39.5 Å². The molecule has 3 aromatic carbocycles. The smallest absolute Gasteiger partial charge is 0.294 e. The number of benzene rings is 3. The highest BCUT2D eigenvalue weighted by Gasteiger charge is 2.52. The fourth-order valence-electron chi connectivity index (χ4n) is 14.3. The Bertz CT molecular complexity index is 3280. The van der Waals surface area contributed by atoms with Crippen molar-refractivity contribution in [2.75, 3.05) is 0 Å². The van der Waals surface area contributed by atoms with Gasteiger partial charge in [-0.1, -0.05) is 113 Å². The Morgan fingerprint density at radius 2 is 0.630 bits per heavy atom. The largest absolute Gasteiger partial charge is 0.416 e. The van der Waals surface area contributed by atoms with Crippen molar-refractivity contribution in [3.05, 3.63) is 192 Å². The van der Waals surface area contributed by atoms with Crippen LogP contribution in [0.1, 0.15) is 168 Å². The van der Waals surface area contributed by atoms with Crippen molar-refractivity contribution in [2.45, 2.75) is 155 Å². The summed E-state index contributed by atoms with van der Waals surface area (Å²) in [7, 11) is 0. The third-order valence-electron chi connectivity index (χ3n) is 17.6. The number of H-pyrrole nitrogens is 3. The van der Waals surface area contributed by atoms with Crippen molar-refractivity contribution in [3.63, 3.8) is 0 Å². The first-order valence-electron chi connectivity index (χ1n) is 27.0. The highest BCUT2D eigenvalue weighted by Crippen LogP contribution is 2.56. The van der Waals surface area contributed by atoms with Gasteiger partial charge in [-0.2, -0.15) is 54.8 Å². The Morgan fingerprint density at radius 1 is 0.383 bits per heavy atom. The summed E-state index contributed by atoms with van der Waals surface area (Å²) in [6, 6.07) is 15.9. The number of aromatic nitrogens is 6. The number of carbonyl (C=O) groups is 3. The predicted molar refractivity (Wildman–Crippen MR) is 286 cm³/mol. The summed E-state index contributed by atoms with van der Waals surface area (Å²) >= 11 is 0. The molecule has 6 aromatic rings. The van der Waals surface area contributed by atoms with Crippen molar-refractivity contribution in [1.82, 2.24) is 30.6 Å². The van der Waals surface area contributed by atoms with Gasteiger partial charge in [0.25, 0.3) is 0 Å². The van der Waals surface area contributed by atoms with Crippen LogP contribution in [0.15, 0.2) is 125 Å². The van der Waals surface area contributed by atoms with Crippen LogP contribution in [0.25, 0.3) is 0 Å². The summed E-state index contributed by atoms with van der Waals surface area (Å²) in [5.74, 6) is 0.0639. The number of hydrogen-bond acceptors (Lipinski definition) is 6. The van der Waals surface area contributed by atoms with E-state index in [1.54, 1.807) is 36.8 Å². The number of carbonyl (C=O) groups excluding carboxylic acids is 3. The zero-order valence-electron chi connectivity index (χ0n) is 46.5. The Balaban J connectivity index is 0.000000136. The second-order valence-electron chi connectivity index (χ2n) is 25.7. The van der Waals surface area contributed by atoms with Gasteiger partial charge in [-0.05, 0) is 91.2 Å². The summed E-state index contributed by atoms with van der Waals surface area (Å²) in [5.41, 5.74) is 5.97. The lowest BCUT2D eigenvalue weighted by molar-refractivity contribution is -0.138. The highest BCUT2D eigenvalue weighted by atomic mass is 19.4. The van der Waals surface area contributed by atoms with Crippen molar-refractivity contribution < 1.29 is 53.9 Å². The lowest BCUT2D eigenvalue weighted by atomic mass is 9.58. The van der Waals surface area contributed by atoms with Crippen LogP contribution in [0, 0.1) is 16.2 Å². The molecule has 81 heavy (non-hydrogen) atoms. The second-order valence-corrected chi connectivity index (χ2v) is 25.7. The van der Waals surface area contributed by atoms with Crippen LogP contribution >= 0.6 is 0 Å². The van der Waals surface area contributed by atoms with Crippen molar-refractivity contribution in [1.29, 1.82) is 0 Å². The van der Waals surface area contributed by atoms with Gasteiger partial charge in [-0.25, -0.2) is 0 Å².